The summed E-state index contributed by atoms with van der Waals surface area (Å²) in [5.74, 6) is 0. The Hall–Kier alpha value is -0.490. The maximum atomic E-state index is 8.49. The van der Waals surface area contributed by atoms with Crippen LogP contribution < -0.4 is 21.4 Å². The molecule has 1 aromatic heterocycles. The van der Waals surface area contributed by atoms with Gasteiger partial charge in [-0.1, -0.05) is 0 Å². The van der Waals surface area contributed by atoms with E-state index in [0.29, 0.717) is 0 Å². The van der Waals surface area contributed by atoms with E-state index in [-0.39, 0.29) is 20.7 Å². The third-order valence-electron chi connectivity index (χ3n) is 2.45. The summed E-state index contributed by atoms with van der Waals surface area (Å²) in [6.45, 7) is 0. The molecule has 0 saturated heterocycles. The van der Waals surface area contributed by atoms with Crippen LogP contribution in [0, 0.1) is 10.2 Å². The molecule has 5 nitrogen and oxygen atoms in total. The zero-order valence-corrected chi connectivity index (χ0v) is 15.1. The largest absolute Gasteiger partial charge is 0.222 e. The molecule has 0 unspecified atom stereocenters. The molecule has 2 aromatic carbocycles. The van der Waals surface area contributed by atoms with Gasteiger partial charge in [-0.25, -0.2) is 18.6 Å². The second kappa shape index (κ2) is 7.18. The molecule has 0 radical (unpaired) electrons. The van der Waals surface area contributed by atoms with Gasteiger partial charge in [0.1, 0.15) is 0 Å². The summed E-state index contributed by atoms with van der Waals surface area (Å²) in [5.41, 5.74) is 1.29. The zero-order valence-electron chi connectivity index (χ0n) is 10.4. The molecule has 0 N–H and O–H groups in total. The number of benzene rings is 2. The molecule has 0 bridgehead atoms. The third-order valence-corrected chi connectivity index (χ3v) is 6.07. The molecule has 0 aliphatic carbocycles. The summed E-state index contributed by atoms with van der Waals surface area (Å²) >= 11 is 3.21. The second-order valence-corrected chi connectivity index (χ2v) is 8.51. The Morgan fingerprint density at radius 1 is 0.905 bits per heavy atom. The van der Waals surface area contributed by atoms with Crippen LogP contribution in [0.4, 0.5) is 0 Å². The molecule has 0 fully saturated rings. The summed E-state index contributed by atoms with van der Waals surface area (Å²) in [6, 6.07) is 17.2. The first-order valence-electron chi connectivity index (χ1n) is 5.61. The molecule has 3 rings (SSSR count). The molecular formula is C13H9BrClNO4Te. The van der Waals surface area contributed by atoms with Crippen LogP contribution in [0.15, 0.2) is 59.2 Å². The third kappa shape index (κ3) is 5.66. The number of rotatable bonds is 1. The Morgan fingerprint density at radius 2 is 1.48 bits per heavy atom. The minimum Gasteiger partial charge on any atom is -0.222 e. The van der Waals surface area contributed by atoms with Crippen LogP contribution in [0.1, 0.15) is 0 Å². The van der Waals surface area contributed by atoms with E-state index >= 15 is 0 Å². The van der Waals surface area contributed by atoms with Crippen LogP contribution in [0.5, 0.6) is 0 Å². The normalized spacial score (nSPS) is 11.1. The quantitative estimate of drug-likeness (QED) is 0.379. The van der Waals surface area contributed by atoms with E-state index in [2.05, 4.69) is 73.4 Å². The van der Waals surface area contributed by atoms with Gasteiger partial charge in [-0.15, -0.1) is 10.2 Å². The summed E-state index contributed by atoms with van der Waals surface area (Å²) in [4.78, 5) is 0. The molecule has 1 heterocycles. The Balaban J connectivity index is 0.000000282. The van der Waals surface area contributed by atoms with Crippen molar-refractivity contribution < 1.29 is 31.7 Å². The van der Waals surface area contributed by atoms with Gasteiger partial charge in [0.05, 0.1) is 0 Å². The van der Waals surface area contributed by atoms with E-state index in [1.54, 1.807) is 0 Å². The van der Waals surface area contributed by atoms with E-state index in [0.717, 1.165) is 4.47 Å². The molecule has 0 spiro atoms. The van der Waals surface area contributed by atoms with Crippen molar-refractivity contribution in [3.8, 4) is 5.69 Å². The predicted molar refractivity (Wildman–Crippen MR) is 70.1 cm³/mol. The summed E-state index contributed by atoms with van der Waals surface area (Å²) in [5, 5.41) is 1.38. The van der Waals surface area contributed by atoms with Crippen molar-refractivity contribution in [1.82, 2.24) is 0 Å². The molecule has 21 heavy (non-hydrogen) atoms. The molecular weight excluding hydrogens is 477 g/mol. The summed E-state index contributed by atoms with van der Waals surface area (Å²) in [6.07, 6.45) is 2.26. The average Bonchev–Trinajstić information content (AvgIpc) is 2.81. The first-order chi connectivity index (χ1) is 9.83. The SMILES string of the molecule is Brc1ccc(-[n+]2cc3ccccc3[te]2)cc1.[O-][Cl+3]([O-])([O-])[O-]. The fraction of sp³-hybridized carbons (Fsp3) is 0. The Labute approximate surface area is 141 Å². The van der Waals surface area contributed by atoms with Gasteiger partial charge >= 0.3 is 113 Å². The number of halogens is 2. The molecule has 0 amide bonds. The van der Waals surface area contributed by atoms with Crippen LogP contribution >= 0.6 is 15.9 Å². The minimum absolute atomic E-state index is 0.259. The fourth-order valence-electron chi connectivity index (χ4n) is 1.64. The van der Waals surface area contributed by atoms with Gasteiger partial charge in [0, 0.05) is 0 Å². The topological polar surface area (TPSA) is 96.1 Å². The molecule has 0 aliphatic rings. The van der Waals surface area contributed by atoms with Crippen molar-refractivity contribution in [2.45, 2.75) is 0 Å². The van der Waals surface area contributed by atoms with E-state index in [1.165, 1.54) is 14.5 Å². The molecule has 0 atom stereocenters. The van der Waals surface area contributed by atoms with Gasteiger partial charge in [-0.3, -0.25) is 0 Å². The maximum absolute atomic E-state index is 8.49. The summed E-state index contributed by atoms with van der Waals surface area (Å²) in [7, 11) is -4.94. The van der Waals surface area contributed by atoms with Crippen LogP contribution in [-0.2, 0) is 0 Å². The smallest absolute Gasteiger partial charge is 0.112 e. The van der Waals surface area contributed by atoms with Gasteiger partial charge in [-0.2, -0.15) is 0 Å². The average molecular weight is 486 g/mol. The van der Waals surface area contributed by atoms with E-state index in [1.807, 2.05) is 0 Å². The Kier molecular flexibility index (Phi) is 5.77. The molecule has 110 valence electrons. The molecule has 8 heteroatoms. The Bertz CT molecular complexity index is 688. The zero-order chi connectivity index (χ0) is 15.5. The van der Waals surface area contributed by atoms with Crippen molar-refractivity contribution in [3.05, 3.63) is 59.2 Å². The monoisotopic (exact) mass is 487 g/mol. The van der Waals surface area contributed by atoms with Crippen LogP contribution in [0.2, 0.25) is 0 Å². The van der Waals surface area contributed by atoms with E-state index in [9.17, 15) is 0 Å². The van der Waals surface area contributed by atoms with Crippen molar-refractivity contribution in [2.75, 3.05) is 0 Å². The fourth-order valence-corrected chi connectivity index (χ4v) is 4.68. The van der Waals surface area contributed by atoms with Gasteiger partial charge in [-0.05, 0) is 0 Å². The standard InChI is InChI=1S/C13H9BrNTe.ClHO4/c14-11-5-7-12(8-6-11)15-9-10-3-1-2-4-13(10)16-15;2-1(3,4)5/h1-9H;(H,2,3,4,5)/q+1;/p-1. The number of fused-ring (bicyclic) bond motifs is 1. The number of hydrogen-bond acceptors (Lipinski definition) is 4. The second-order valence-electron chi connectivity index (χ2n) is 3.94. The summed E-state index contributed by atoms with van der Waals surface area (Å²) < 4.78 is 39.0. The maximum Gasteiger partial charge on any atom is -0.112 e. The number of nitrogens with zero attached hydrogens (tertiary/aromatic N) is 1. The molecule has 0 saturated carbocycles. The number of aromatic nitrogens is 1. The number of hydrogen-bond donors (Lipinski definition) is 0. The van der Waals surface area contributed by atoms with Crippen molar-refractivity contribution >= 4 is 45.4 Å². The van der Waals surface area contributed by atoms with Gasteiger partial charge in [0.25, 0.3) is 0 Å². The van der Waals surface area contributed by atoms with Gasteiger partial charge in [0.15, 0.2) is 0 Å². The van der Waals surface area contributed by atoms with Crippen LogP contribution in [0.3, 0.4) is 0 Å². The predicted octanol–water partition coefficient (Wildman–Crippen LogP) is -1.82. The minimum atomic E-state index is -4.94. The van der Waals surface area contributed by atoms with Crippen molar-refractivity contribution in [2.24, 2.45) is 0 Å². The van der Waals surface area contributed by atoms with Crippen molar-refractivity contribution in [3.63, 3.8) is 0 Å². The van der Waals surface area contributed by atoms with Gasteiger partial charge < -0.3 is 0 Å². The molecule has 3 aromatic rings. The van der Waals surface area contributed by atoms with E-state index in [4.69, 9.17) is 18.6 Å². The van der Waals surface area contributed by atoms with Crippen molar-refractivity contribution in [1.29, 1.82) is 0 Å². The van der Waals surface area contributed by atoms with E-state index < -0.39 is 10.2 Å². The van der Waals surface area contributed by atoms with Crippen LogP contribution in [-0.4, -0.2) is 20.7 Å². The Morgan fingerprint density at radius 3 is 2.05 bits per heavy atom. The van der Waals surface area contributed by atoms with Gasteiger partial charge in [0.2, 0.25) is 0 Å². The first-order valence-corrected chi connectivity index (χ1v) is 9.85. The molecule has 0 aliphatic heterocycles. The first kappa shape index (κ1) is 16.9. The van der Waals surface area contributed by atoms with Crippen LogP contribution in [0.25, 0.3) is 14.5 Å².